The van der Waals surface area contributed by atoms with Crippen LogP contribution < -0.4 is 10.6 Å². The van der Waals surface area contributed by atoms with Gasteiger partial charge in [0.1, 0.15) is 5.82 Å². The number of hydrogen-bond donors (Lipinski definition) is 3. The highest BCUT2D eigenvalue weighted by atomic mass is 19.1. The highest BCUT2D eigenvalue weighted by Gasteiger charge is 2.17. The molecule has 2 heterocycles. The van der Waals surface area contributed by atoms with Gasteiger partial charge in [-0.15, -0.1) is 0 Å². The van der Waals surface area contributed by atoms with Gasteiger partial charge in [0.15, 0.2) is 0 Å². The topological polar surface area (TPSA) is 96.1 Å². The number of aromatic amines is 1. The summed E-state index contributed by atoms with van der Waals surface area (Å²) in [6.07, 6.45) is 3.28. The van der Waals surface area contributed by atoms with Crippen molar-refractivity contribution in [3.05, 3.63) is 78.4 Å². The van der Waals surface area contributed by atoms with Crippen molar-refractivity contribution in [3.8, 4) is 11.3 Å². The number of benzene rings is 2. The number of carbonyl (C=O) groups excluding carboxylic acids is 2. The van der Waals surface area contributed by atoms with E-state index in [2.05, 4.69) is 20.6 Å². The monoisotopic (exact) mass is 404 g/mol. The van der Waals surface area contributed by atoms with Crippen LogP contribution in [0.3, 0.4) is 0 Å². The van der Waals surface area contributed by atoms with Gasteiger partial charge in [0, 0.05) is 34.5 Å². The number of pyridine rings is 1. The summed E-state index contributed by atoms with van der Waals surface area (Å²) in [4.78, 5) is 31.7. The van der Waals surface area contributed by atoms with Gasteiger partial charge >= 0.3 is 12.0 Å². The van der Waals surface area contributed by atoms with Gasteiger partial charge in [0.05, 0.1) is 24.1 Å². The molecular formula is C22H17FN4O3. The van der Waals surface area contributed by atoms with E-state index >= 15 is 0 Å². The standard InChI is InChI=1S/C22H17FN4O3/c1-30-21(28)13-4-2-6-16(10-13)25-22(29)27-20-17-11-15(23)7-8-18(17)26-19(20)14-5-3-9-24-12-14/h2-12,26H,1H3,(H2,25,27,29). The van der Waals surface area contributed by atoms with Gasteiger partial charge in [0.2, 0.25) is 0 Å². The fourth-order valence-corrected chi connectivity index (χ4v) is 3.14. The lowest BCUT2D eigenvalue weighted by atomic mass is 10.1. The summed E-state index contributed by atoms with van der Waals surface area (Å²) in [6, 6.07) is 13.7. The first-order valence-electron chi connectivity index (χ1n) is 9.03. The van der Waals surface area contributed by atoms with E-state index in [-0.39, 0.29) is 0 Å². The molecule has 30 heavy (non-hydrogen) atoms. The second-order valence-electron chi connectivity index (χ2n) is 6.46. The number of urea groups is 1. The number of esters is 1. The van der Waals surface area contributed by atoms with Gasteiger partial charge < -0.3 is 20.4 Å². The minimum absolute atomic E-state index is 0.306. The van der Waals surface area contributed by atoms with Crippen LogP contribution in [0.25, 0.3) is 22.2 Å². The molecule has 0 unspecified atom stereocenters. The molecule has 2 aromatic carbocycles. The van der Waals surface area contributed by atoms with Gasteiger partial charge in [-0.2, -0.15) is 0 Å². The number of amides is 2. The minimum atomic E-state index is -0.549. The SMILES string of the molecule is COC(=O)c1cccc(NC(=O)Nc2c(-c3cccnc3)[nH]c3ccc(F)cc23)c1. The van der Waals surface area contributed by atoms with Crippen LogP contribution in [0.1, 0.15) is 10.4 Å². The number of aromatic nitrogens is 2. The predicted octanol–water partition coefficient (Wildman–Crippen LogP) is 4.80. The van der Waals surface area contributed by atoms with Gasteiger partial charge in [0.25, 0.3) is 0 Å². The Kier molecular flexibility index (Phi) is 5.13. The normalized spacial score (nSPS) is 10.6. The van der Waals surface area contributed by atoms with Crippen LogP contribution in [0, 0.1) is 5.82 Å². The Morgan fingerprint density at radius 3 is 2.70 bits per heavy atom. The summed E-state index contributed by atoms with van der Waals surface area (Å²) < 4.78 is 18.6. The van der Waals surface area contributed by atoms with E-state index in [0.717, 1.165) is 5.56 Å². The molecule has 4 aromatic rings. The second kappa shape index (κ2) is 8.04. The van der Waals surface area contributed by atoms with Crippen LogP contribution >= 0.6 is 0 Å². The maximum Gasteiger partial charge on any atom is 0.337 e. The van der Waals surface area contributed by atoms with Crippen LogP contribution in [-0.2, 0) is 4.74 Å². The quantitative estimate of drug-likeness (QED) is 0.426. The number of methoxy groups -OCH3 is 1. The average Bonchev–Trinajstić information content (AvgIpc) is 3.11. The van der Waals surface area contributed by atoms with Crippen molar-refractivity contribution in [2.24, 2.45) is 0 Å². The smallest absolute Gasteiger partial charge is 0.337 e. The van der Waals surface area contributed by atoms with Crippen molar-refractivity contribution in [2.45, 2.75) is 0 Å². The zero-order valence-corrected chi connectivity index (χ0v) is 15.9. The number of fused-ring (bicyclic) bond motifs is 1. The third-order valence-corrected chi connectivity index (χ3v) is 4.49. The Morgan fingerprint density at radius 1 is 1.07 bits per heavy atom. The van der Waals surface area contributed by atoms with Crippen molar-refractivity contribution < 1.29 is 18.7 Å². The Hall–Kier alpha value is -4.20. The van der Waals surface area contributed by atoms with E-state index in [1.807, 2.05) is 6.07 Å². The van der Waals surface area contributed by atoms with E-state index < -0.39 is 17.8 Å². The lowest BCUT2D eigenvalue weighted by Gasteiger charge is -2.10. The number of hydrogen-bond acceptors (Lipinski definition) is 4. The minimum Gasteiger partial charge on any atom is -0.465 e. The van der Waals surface area contributed by atoms with E-state index in [0.29, 0.717) is 33.5 Å². The van der Waals surface area contributed by atoms with Gasteiger partial charge in [-0.1, -0.05) is 6.07 Å². The van der Waals surface area contributed by atoms with E-state index in [1.54, 1.807) is 42.7 Å². The average molecular weight is 404 g/mol. The van der Waals surface area contributed by atoms with Gasteiger partial charge in [-0.25, -0.2) is 14.0 Å². The van der Waals surface area contributed by atoms with Crippen molar-refractivity contribution in [2.75, 3.05) is 17.7 Å². The molecule has 3 N–H and O–H groups in total. The first-order chi connectivity index (χ1) is 14.5. The second-order valence-corrected chi connectivity index (χ2v) is 6.46. The van der Waals surface area contributed by atoms with Crippen LogP contribution in [0.15, 0.2) is 67.0 Å². The van der Waals surface area contributed by atoms with Crippen LogP contribution in [-0.4, -0.2) is 29.1 Å². The number of nitrogens with one attached hydrogen (secondary N) is 3. The number of rotatable bonds is 4. The maximum absolute atomic E-state index is 13.9. The van der Waals surface area contributed by atoms with Gasteiger partial charge in [-0.05, 0) is 48.5 Å². The van der Waals surface area contributed by atoms with Gasteiger partial charge in [-0.3, -0.25) is 4.98 Å². The summed E-state index contributed by atoms with van der Waals surface area (Å²) in [5, 5.41) is 5.98. The molecule has 0 saturated carbocycles. The zero-order valence-electron chi connectivity index (χ0n) is 15.9. The molecule has 0 radical (unpaired) electrons. The Balaban J connectivity index is 1.67. The molecule has 2 aromatic heterocycles. The third kappa shape index (κ3) is 3.83. The third-order valence-electron chi connectivity index (χ3n) is 4.49. The number of H-pyrrole nitrogens is 1. The molecule has 0 aliphatic heterocycles. The molecule has 2 amide bonds. The van der Waals surface area contributed by atoms with Crippen molar-refractivity contribution in [1.82, 2.24) is 9.97 Å². The summed E-state index contributed by atoms with van der Waals surface area (Å²) in [5.74, 6) is -0.932. The van der Waals surface area contributed by atoms with Crippen molar-refractivity contribution in [1.29, 1.82) is 0 Å². The number of nitrogens with zero attached hydrogens (tertiary/aromatic N) is 1. The molecular weight excluding hydrogens is 387 g/mol. The molecule has 0 aliphatic rings. The summed E-state index contributed by atoms with van der Waals surface area (Å²) >= 11 is 0. The summed E-state index contributed by atoms with van der Waals surface area (Å²) in [7, 11) is 1.28. The van der Waals surface area contributed by atoms with E-state index in [9.17, 15) is 14.0 Å². The molecule has 8 heteroatoms. The lowest BCUT2D eigenvalue weighted by molar-refractivity contribution is 0.0600. The first kappa shape index (κ1) is 19.1. The maximum atomic E-state index is 13.9. The molecule has 150 valence electrons. The molecule has 0 fully saturated rings. The molecule has 0 aliphatic carbocycles. The van der Waals surface area contributed by atoms with Crippen LogP contribution in [0.4, 0.5) is 20.6 Å². The van der Waals surface area contributed by atoms with Crippen molar-refractivity contribution >= 4 is 34.3 Å². The number of anilines is 2. The molecule has 4 rings (SSSR count). The highest BCUT2D eigenvalue weighted by molar-refractivity contribution is 6.10. The van der Waals surface area contributed by atoms with Crippen LogP contribution in [0.2, 0.25) is 0 Å². The summed E-state index contributed by atoms with van der Waals surface area (Å²) in [5.41, 5.74) is 3.13. The number of halogens is 1. The molecule has 0 atom stereocenters. The summed E-state index contributed by atoms with van der Waals surface area (Å²) in [6.45, 7) is 0. The lowest BCUT2D eigenvalue weighted by Crippen LogP contribution is -2.20. The largest absolute Gasteiger partial charge is 0.465 e. The fraction of sp³-hybridized carbons (Fsp3) is 0.0455. The highest BCUT2D eigenvalue weighted by Crippen LogP contribution is 2.35. The van der Waals surface area contributed by atoms with E-state index in [4.69, 9.17) is 4.74 Å². The molecule has 0 spiro atoms. The Labute approximate surface area is 170 Å². The predicted molar refractivity (Wildman–Crippen MR) is 112 cm³/mol. The van der Waals surface area contributed by atoms with Crippen LogP contribution in [0.5, 0.6) is 0 Å². The number of ether oxygens (including phenoxy) is 1. The molecule has 7 nitrogen and oxygen atoms in total. The Morgan fingerprint density at radius 2 is 1.93 bits per heavy atom. The zero-order chi connectivity index (χ0) is 21.1. The first-order valence-corrected chi connectivity index (χ1v) is 9.03. The van der Waals surface area contributed by atoms with Crippen molar-refractivity contribution in [3.63, 3.8) is 0 Å². The van der Waals surface area contributed by atoms with E-state index in [1.165, 1.54) is 25.3 Å². The fourth-order valence-electron chi connectivity index (χ4n) is 3.14. The molecule has 0 bridgehead atoms. The number of carbonyl (C=O) groups is 2. The molecule has 0 saturated heterocycles. The Bertz CT molecular complexity index is 1240.